The van der Waals surface area contributed by atoms with E-state index in [1.54, 1.807) is 0 Å². The lowest BCUT2D eigenvalue weighted by Crippen LogP contribution is -2.26. The fourth-order valence-electron chi connectivity index (χ4n) is 1.49. The molecule has 1 aliphatic carbocycles. The van der Waals surface area contributed by atoms with E-state index in [0.29, 0.717) is 11.8 Å². The zero-order valence-corrected chi connectivity index (χ0v) is 7.45. The van der Waals surface area contributed by atoms with E-state index in [1.165, 1.54) is 0 Å². The van der Waals surface area contributed by atoms with Gasteiger partial charge in [-0.25, -0.2) is 8.42 Å². The van der Waals surface area contributed by atoms with Crippen LogP contribution < -0.4 is 0 Å². The average molecular weight is 183 g/mol. The Morgan fingerprint density at radius 2 is 2.00 bits per heavy atom. The second-order valence-corrected chi connectivity index (χ2v) is 5.97. The van der Waals surface area contributed by atoms with Gasteiger partial charge in [-0.15, -0.1) is 0 Å². The Morgan fingerprint density at radius 3 is 2.30 bits per heavy atom. The molecular weight excluding hydrogens is 172 g/mol. The first kappa shape index (κ1) is 8.34. The minimum Gasteiger partial charge on any atom is -0.212 e. The van der Waals surface area contributed by atoms with Crippen LogP contribution in [0.15, 0.2) is 0 Å². The third kappa shape index (κ3) is 2.46. The number of rotatable bonds is 2. The minimum atomic E-state index is -3.24. The first-order valence-corrected chi connectivity index (χ1v) is 5.87. The van der Waals surface area contributed by atoms with E-state index in [4.69, 9.17) is 10.7 Å². The SMILES string of the molecule is CC1CC(CS(=O)(=O)Cl)C1. The first-order chi connectivity index (χ1) is 4.47. The van der Waals surface area contributed by atoms with Crippen LogP contribution in [0.5, 0.6) is 0 Å². The Kier molecular flexibility index (Phi) is 2.25. The van der Waals surface area contributed by atoms with Crippen molar-refractivity contribution in [2.75, 3.05) is 5.75 Å². The first-order valence-electron chi connectivity index (χ1n) is 3.39. The summed E-state index contributed by atoms with van der Waals surface area (Å²) < 4.78 is 21.0. The van der Waals surface area contributed by atoms with Crippen molar-refractivity contribution in [2.24, 2.45) is 11.8 Å². The molecule has 60 valence electrons. The second kappa shape index (κ2) is 2.70. The Balaban J connectivity index is 2.30. The number of halogens is 1. The summed E-state index contributed by atoms with van der Waals surface area (Å²) in [6.07, 6.45) is 2.04. The van der Waals surface area contributed by atoms with E-state index in [-0.39, 0.29) is 5.75 Å². The van der Waals surface area contributed by atoms with Gasteiger partial charge in [-0.2, -0.15) is 0 Å². The summed E-state index contributed by atoms with van der Waals surface area (Å²) in [4.78, 5) is 0. The molecule has 1 fully saturated rings. The Labute approximate surface area is 66.0 Å². The molecule has 0 aromatic heterocycles. The highest BCUT2D eigenvalue weighted by Crippen LogP contribution is 2.34. The van der Waals surface area contributed by atoms with Gasteiger partial charge in [-0.1, -0.05) is 6.92 Å². The van der Waals surface area contributed by atoms with Crippen molar-refractivity contribution in [1.29, 1.82) is 0 Å². The molecule has 1 rings (SSSR count). The largest absolute Gasteiger partial charge is 0.232 e. The Bertz CT molecular complexity index is 204. The lowest BCUT2D eigenvalue weighted by molar-refractivity contribution is 0.236. The van der Waals surface area contributed by atoms with Crippen LogP contribution in [-0.2, 0) is 9.05 Å². The summed E-state index contributed by atoms with van der Waals surface area (Å²) in [6.45, 7) is 2.12. The third-order valence-electron chi connectivity index (χ3n) is 1.91. The van der Waals surface area contributed by atoms with Gasteiger partial charge in [0.1, 0.15) is 0 Å². The smallest absolute Gasteiger partial charge is 0.212 e. The highest BCUT2D eigenvalue weighted by atomic mass is 35.7. The molecule has 1 saturated carbocycles. The van der Waals surface area contributed by atoms with E-state index >= 15 is 0 Å². The molecular formula is C6H11ClO2S. The van der Waals surface area contributed by atoms with E-state index in [9.17, 15) is 8.42 Å². The van der Waals surface area contributed by atoms with Crippen LogP contribution in [0.3, 0.4) is 0 Å². The summed E-state index contributed by atoms with van der Waals surface area (Å²) in [5.41, 5.74) is 0. The molecule has 0 N–H and O–H groups in total. The van der Waals surface area contributed by atoms with Gasteiger partial charge in [0.2, 0.25) is 9.05 Å². The molecule has 0 unspecified atom stereocenters. The third-order valence-corrected chi connectivity index (χ3v) is 3.15. The monoisotopic (exact) mass is 182 g/mol. The van der Waals surface area contributed by atoms with Crippen molar-refractivity contribution in [3.05, 3.63) is 0 Å². The van der Waals surface area contributed by atoms with Crippen LogP contribution in [0, 0.1) is 11.8 Å². The molecule has 0 radical (unpaired) electrons. The molecule has 10 heavy (non-hydrogen) atoms. The van der Waals surface area contributed by atoms with E-state index in [2.05, 4.69) is 6.92 Å². The summed E-state index contributed by atoms with van der Waals surface area (Å²) in [7, 11) is 1.83. The van der Waals surface area contributed by atoms with Crippen molar-refractivity contribution in [1.82, 2.24) is 0 Å². The van der Waals surface area contributed by atoms with Crippen LogP contribution in [0.4, 0.5) is 0 Å². The van der Waals surface area contributed by atoms with Gasteiger partial charge in [0.05, 0.1) is 5.75 Å². The standard InChI is InChI=1S/C6H11ClO2S/c1-5-2-6(3-5)4-10(7,8)9/h5-6H,2-4H2,1H3. The van der Waals surface area contributed by atoms with Crippen LogP contribution in [0.25, 0.3) is 0 Å². The molecule has 0 atom stereocenters. The summed E-state index contributed by atoms with van der Waals surface area (Å²) >= 11 is 0. The van der Waals surface area contributed by atoms with Gasteiger partial charge in [0, 0.05) is 10.7 Å². The molecule has 4 heteroatoms. The van der Waals surface area contributed by atoms with Gasteiger partial charge in [0.15, 0.2) is 0 Å². The van der Waals surface area contributed by atoms with Crippen LogP contribution in [-0.4, -0.2) is 14.2 Å². The van der Waals surface area contributed by atoms with Gasteiger partial charge in [-0.3, -0.25) is 0 Å². The molecule has 0 heterocycles. The normalized spacial score (nSPS) is 33.4. The lowest BCUT2D eigenvalue weighted by Gasteiger charge is -2.31. The van der Waals surface area contributed by atoms with E-state index < -0.39 is 9.05 Å². The predicted molar refractivity (Wildman–Crippen MR) is 41.5 cm³/mol. The number of hydrogen-bond donors (Lipinski definition) is 0. The van der Waals surface area contributed by atoms with Gasteiger partial charge in [0.25, 0.3) is 0 Å². The molecule has 1 aliphatic rings. The maximum Gasteiger partial charge on any atom is 0.232 e. The average Bonchev–Trinajstić information content (AvgIpc) is 1.57. The molecule has 0 aromatic carbocycles. The fraction of sp³-hybridized carbons (Fsp3) is 1.00. The highest BCUT2D eigenvalue weighted by molar-refractivity contribution is 8.13. The molecule has 0 saturated heterocycles. The summed E-state index contributed by atoms with van der Waals surface area (Å²) in [5.74, 6) is 1.19. The molecule has 0 aliphatic heterocycles. The van der Waals surface area contributed by atoms with Crippen molar-refractivity contribution in [3.8, 4) is 0 Å². The van der Waals surface area contributed by atoms with Crippen molar-refractivity contribution < 1.29 is 8.42 Å². The van der Waals surface area contributed by atoms with Crippen molar-refractivity contribution in [2.45, 2.75) is 19.8 Å². The molecule has 0 spiro atoms. The van der Waals surface area contributed by atoms with Crippen LogP contribution >= 0.6 is 10.7 Å². The zero-order valence-electron chi connectivity index (χ0n) is 5.88. The summed E-state index contributed by atoms with van der Waals surface area (Å²) in [6, 6.07) is 0. The molecule has 0 bridgehead atoms. The maximum absolute atomic E-state index is 10.5. The van der Waals surface area contributed by atoms with Crippen LogP contribution in [0.1, 0.15) is 19.8 Å². The zero-order chi connectivity index (χ0) is 7.78. The van der Waals surface area contributed by atoms with E-state index in [0.717, 1.165) is 12.8 Å². The molecule has 0 amide bonds. The molecule has 2 nitrogen and oxygen atoms in total. The van der Waals surface area contributed by atoms with Crippen molar-refractivity contribution in [3.63, 3.8) is 0 Å². The van der Waals surface area contributed by atoms with Gasteiger partial charge in [-0.05, 0) is 24.7 Å². The number of hydrogen-bond acceptors (Lipinski definition) is 2. The highest BCUT2D eigenvalue weighted by Gasteiger charge is 2.28. The predicted octanol–water partition coefficient (Wildman–Crippen LogP) is 1.60. The lowest BCUT2D eigenvalue weighted by atomic mass is 9.77. The minimum absolute atomic E-state index is 0.166. The van der Waals surface area contributed by atoms with Crippen molar-refractivity contribution >= 4 is 19.7 Å². The topological polar surface area (TPSA) is 34.1 Å². The molecule has 0 aromatic rings. The quantitative estimate of drug-likeness (QED) is 0.608. The second-order valence-electron chi connectivity index (χ2n) is 3.15. The van der Waals surface area contributed by atoms with E-state index in [1.807, 2.05) is 0 Å². The Hall–Kier alpha value is 0.240. The fourth-order valence-corrected chi connectivity index (χ4v) is 2.86. The van der Waals surface area contributed by atoms with Crippen LogP contribution in [0.2, 0.25) is 0 Å². The van der Waals surface area contributed by atoms with Gasteiger partial charge >= 0.3 is 0 Å². The summed E-state index contributed by atoms with van der Waals surface area (Å²) in [5, 5.41) is 0. The van der Waals surface area contributed by atoms with Gasteiger partial charge < -0.3 is 0 Å². The maximum atomic E-state index is 10.5. The Morgan fingerprint density at radius 1 is 1.50 bits per heavy atom.